The minimum Gasteiger partial charge on any atom is -0.335 e. The van der Waals surface area contributed by atoms with E-state index >= 15 is 0 Å². The molecule has 1 unspecified atom stereocenters. The molecular weight excluding hydrogens is 210 g/mol. The predicted molar refractivity (Wildman–Crippen MR) is 70.7 cm³/mol. The lowest BCUT2D eigenvalue weighted by atomic mass is 9.71. The molecule has 1 aliphatic heterocycles. The Bertz CT molecular complexity index is 348. The molecule has 0 aromatic rings. The van der Waals surface area contributed by atoms with Gasteiger partial charge in [0.15, 0.2) is 0 Å². The number of amides is 1. The van der Waals surface area contributed by atoms with E-state index in [9.17, 15) is 4.79 Å². The Kier molecular flexibility index (Phi) is 3.33. The molecular formula is C15H25NO. The number of nitrogens with zero attached hydrogens (tertiary/aromatic N) is 1. The van der Waals surface area contributed by atoms with Crippen molar-refractivity contribution in [2.24, 2.45) is 11.3 Å². The Morgan fingerprint density at radius 3 is 2.65 bits per heavy atom. The van der Waals surface area contributed by atoms with E-state index in [-0.39, 0.29) is 0 Å². The highest BCUT2D eigenvalue weighted by molar-refractivity contribution is 5.97. The zero-order chi connectivity index (χ0) is 12.6. The van der Waals surface area contributed by atoms with Crippen molar-refractivity contribution in [1.29, 1.82) is 0 Å². The molecule has 1 aliphatic carbocycles. The largest absolute Gasteiger partial charge is 0.335 e. The minimum atomic E-state index is 0.328. The topological polar surface area (TPSA) is 20.3 Å². The van der Waals surface area contributed by atoms with Crippen LogP contribution in [0.25, 0.3) is 0 Å². The lowest BCUT2D eigenvalue weighted by Crippen LogP contribution is -2.27. The molecule has 0 fully saturated rings. The normalized spacial score (nSPS) is 25.5. The molecule has 2 nitrogen and oxygen atoms in total. The SMILES string of the molecule is CCCN1CC2=C(CCC(C(C)(C)C)C2)C1=O. The van der Waals surface area contributed by atoms with E-state index in [1.54, 1.807) is 0 Å². The van der Waals surface area contributed by atoms with Gasteiger partial charge in [-0.2, -0.15) is 0 Å². The van der Waals surface area contributed by atoms with Crippen LogP contribution in [0.15, 0.2) is 11.1 Å². The van der Waals surface area contributed by atoms with Gasteiger partial charge in [-0.05, 0) is 42.6 Å². The highest BCUT2D eigenvalue weighted by Gasteiger charge is 2.37. The third-order valence-electron chi connectivity index (χ3n) is 4.31. The van der Waals surface area contributed by atoms with Crippen LogP contribution >= 0.6 is 0 Å². The molecule has 1 amide bonds. The van der Waals surface area contributed by atoms with Crippen LogP contribution in [0.1, 0.15) is 53.4 Å². The summed E-state index contributed by atoms with van der Waals surface area (Å²) in [6, 6.07) is 0. The Labute approximate surface area is 105 Å². The molecule has 2 heteroatoms. The van der Waals surface area contributed by atoms with Crippen LogP contribution in [0, 0.1) is 11.3 Å². The van der Waals surface area contributed by atoms with Gasteiger partial charge in [-0.25, -0.2) is 0 Å². The maximum atomic E-state index is 12.2. The molecule has 0 aromatic heterocycles. The van der Waals surface area contributed by atoms with E-state index in [0.717, 1.165) is 43.8 Å². The Morgan fingerprint density at radius 2 is 2.06 bits per heavy atom. The van der Waals surface area contributed by atoms with Gasteiger partial charge >= 0.3 is 0 Å². The average Bonchev–Trinajstić information content (AvgIpc) is 2.55. The maximum absolute atomic E-state index is 12.2. The fourth-order valence-corrected chi connectivity index (χ4v) is 3.12. The second-order valence-electron chi connectivity index (χ2n) is 6.61. The van der Waals surface area contributed by atoms with E-state index in [4.69, 9.17) is 0 Å². The van der Waals surface area contributed by atoms with Crippen LogP contribution in [-0.2, 0) is 4.79 Å². The van der Waals surface area contributed by atoms with Crippen LogP contribution in [0.3, 0.4) is 0 Å². The van der Waals surface area contributed by atoms with Crippen LogP contribution in [0.5, 0.6) is 0 Å². The molecule has 0 saturated carbocycles. The molecule has 0 saturated heterocycles. The van der Waals surface area contributed by atoms with Gasteiger partial charge in [-0.1, -0.05) is 27.7 Å². The van der Waals surface area contributed by atoms with Gasteiger partial charge in [-0.3, -0.25) is 4.79 Å². The molecule has 96 valence electrons. The highest BCUT2D eigenvalue weighted by Crippen LogP contribution is 2.42. The quantitative estimate of drug-likeness (QED) is 0.718. The first-order chi connectivity index (χ1) is 7.93. The molecule has 17 heavy (non-hydrogen) atoms. The van der Waals surface area contributed by atoms with E-state index < -0.39 is 0 Å². The van der Waals surface area contributed by atoms with Crippen LogP contribution in [0.2, 0.25) is 0 Å². The number of carbonyl (C=O) groups excluding carboxylic acids is 1. The van der Waals surface area contributed by atoms with Crippen molar-refractivity contribution in [2.75, 3.05) is 13.1 Å². The number of rotatable bonds is 2. The summed E-state index contributed by atoms with van der Waals surface area (Å²) in [6.45, 7) is 10.9. The smallest absolute Gasteiger partial charge is 0.250 e. The summed E-state index contributed by atoms with van der Waals surface area (Å²) in [5.74, 6) is 1.07. The molecule has 1 heterocycles. The Balaban J connectivity index is 2.09. The van der Waals surface area contributed by atoms with Crippen molar-refractivity contribution < 1.29 is 4.79 Å². The van der Waals surface area contributed by atoms with Gasteiger partial charge in [-0.15, -0.1) is 0 Å². The first-order valence-corrected chi connectivity index (χ1v) is 6.93. The molecule has 0 N–H and O–H groups in total. The summed E-state index contributed by atoms with van der Waals surface area (Å²) in [5, 5.41) is 0. The van der Waals surface area contributed by atoms with Gasteiger partial charge in [0.05, 0.1) is 0 Å². The number of hydrogen-bond donors (Lipinski definition) is 0. The minimum absolute atomic E-state index is 0.328. The number of carbonyl (C=O) groups is 1. The van der Waals surface area contributed by atoms with Gasteiger partial charge in [0, 0.05) is 18.7 Å². The third kappa shape index (κ3) is 2.41. The first kappa shape index (κ1) is 12.7. The molecule has 2 rings (SSSR count). The van der Waals surface area contributed by atoms with Crippen LogP contribution in [0.4, 0.5) is 0 Å². The van der Waals surface area contributed by atoms with Gasteiger partial charge in [0.1, 0.15) is 0 Å². The van der Waals surface area contributed by atoms with E-state index in [1.807, 2.05) is 4.90 Å². The van der Waals surface area contributed by atoms with Crippen molar-refractivity contribution in [3.05, 3.63) is 11.1 Å². The summed E-state index contributed by atoms with van der Waals surface area (Å²) in [5.41, 5.74) is 2.97. The zero-order valence-electron chi connectivity index (χ0n) is 11.7. The van der Waals surface area contributed by atoms with Gasteiger partial charge < -0.3 is 4.90 Å². The maximum Gasteiger partial charge on any atom is 0.250 e. The van der Waals surface area contributed by atoms with Crippen molar-refractivity contribution >= 4 is 5.91 Å². The van der Waals surface area contributed by atoms with Crippen molar-refractivity contribution in [2.45, 2.75) is 53.4 Å². The second kappa shape index (κ2) is 4.47. The summed E-state index contributed by atoms with van der Waals surface area (Å²) < 4.78 is 0. The van der Waals surface area contributed by atoms with Crippen molar-refractivity contribution in [3.8, 4) is 0 Å². The van der Waals surface area contributed by atoms with Crippen LogP contribution in [-0.4, -0.2) is 23.9 Å². The zero-order valence-corrected chi connectivity index (χ0v) is 11.7. The summed E-state index contributed by atoms with van der Waals surface area (Å²) in [7, 11) is 0. The Morgan fingerprint density at radius 1 is 1.35 bits per heavy atom. The molecule has 0 spiro atoms. The monoisotopic (exact) mass is 235 g/mol. The fraction of sp³-hybridized carbons (Fsp3) is 0.800. The lowest BCUT2D eigenvalue weighted by Gasteiger charge is -2.34. The predicted octanol–water partition coefficient (Wildman–Crippen LogP) is 3.38. The highest BCUT2D eigenvalue weighted by atomic mass is 16.2. The molecule has 0 aromatic carbocycles. The second-order valence-corrected chi connectivity index (χ2v) is 6.61. The molecule has 2 aliphatic rings. The Hall–Kier alpha value is -0.790. The molecule has 0 bridgehead atoms. The van der Waals surface area contributed by atoms with Crippen molar-refractivity contribution in [1.82, 2.24) is 4.90 Å². The van der Waals surface area contributed by atoms with Gasteiger partial charge in [0.2, 0.25) is 5.91 Å². The summed E-state index contributed by atoms with van der Waals surface area (Å²) >= 11 is 0. The van der Waals surface area contributed by atoms with E-state index in [1.165, 1.54) is 12.0 Å². The fourth-order valence-electron chi connectivity index (χ4n) is 3.12. The standard InChI is InChI=1S/C15H25NO/c1-5-8-16-10-11-9-12(15(2,3)4)6-7-13(11)14(16)17/h12H,5-10H2,1-4H3. The summed E-state index contributed by atoms with van der Waals surface area (Å²) in [6.07, 6.45) is 4.41. The molecule has 0 radical (unpaired) electrons. The van der Waals surface area contributed by atoms with Crippen molar-refractivity contribution in [3.63, 3.8) is 0 Å². The summed E-state index contributed by atoms with van der Waals surface area (Å²) in [4.78, 5) is 14.2. The third-order valence-corrected chi connectivity index (χ3v) is 4.31. The van der Waals surface area contributed by atoms with Gasteiger partial charge in [0.25, 0.3) is 0 Å². The van der Waals surface area contributed by atoms with Crippen LogP contribution < -0.4 is 0 Å². The lowest BCUT2D eigenvalue weighted by molar-refractivity contribution is -0.125. The number of hydrogen-bond acceptors (Lipinski definition) is 1. The molecule has 1 atom stereocenters. The first-order valence-electron chi connectivity index (χ1n) is 6.93. The van der Waals surface area contributed by atoms with E-state index in [2.05, 4.69) is 27.7 Å². The van der Waals surface area contributed by atoms with E-state index in [0.29, 0.717) is 11.3 Å². The average molecular weight is 235 g/mol.